The van der Waals surface area contributed by atoms with Crippen LogP contribution < -0.4 is 5.32 Å². The van der Waals surface area contributed by atoms with Gasteiger partial charge in [-0.1, -0.05) is 6.07 Å². The van der Waals surface area contributed by atoms with Gasteiger partial charge in [-0.2, -0.15) is 0 Å². The second-order valence-corrected chi connectivity index (χ2v) is 7.08. The van der Waals surface area contributed by atoms with E-state index in [9.17, 15) is 0 Å². The van der Waals surface area contributed by atoms with E-state index < -0.39 is 0 Å². The Morgan fingerprint density at radius 2 is 2.16 bits per heavy atom. The third-order valence-corrected chi connectivity index (χ3v) is 5.64. The zero-order valence-electron chi connectivity index (χ0n) is 11.3. The maximum absolute atomic E-state index is 4.89. The van der Waals surface area contributed by atoms with E-state index in [4.69, 9.17) is 4.98 Å². The molecular formula is C14H19N3S2. The number of rotatable bonds is 3. The molecular weight excluding hydrogens is 274 g/mol. The van der Waals surface area contributed by atoms with Crippen molar-refractivity contribution in [1.29, 1.82) is 0 Å². The number of hydrogen-bond donors (Lipinski definition) is 1. The third kappa shape index (κ3) is 2.74. The third-order valence-electron chi connectivity index (χ3n) is 3.62. The van der Waals surface area contributed by atoms with Gasteiger partial charge in [-0.3, -0.25) is 4.90 Å². The van der Waals surface area contributed by atoms with Crippen molar-refractivity contribution in [3.8, 4) is 10.6 Å². The topological polar surface area (TPSA) is 28.2 Å². The molecule has 3 rings (SSSR count). The van der Waals surface area contributed by atoms with Gasteiger partial charge in [0.25, 0.3) is 0 Å². The fourth-order valence-electron chi connectivity index (χ4n) is 2.46. The van der Waals surface area contributed by atoms with Gasteiger partial charge in [0.15, 0.2) is 0 Å². The predicted octanol–water partition coefficient (Wildman–Crippen LogP) is 3.15. The molecule has 0 aliphatic carbocycles. The lowest BCUT2D eigenvalue weighted by Gasteiger charge is -2.31. The number of nitrogens with one attached hydrogen (secondary N) is 1. The van der Waals surface area contributed by atoms with Crippen LogP contribution in [-0.2, 0) is 0 Å². The molecule has 0 amide bonds. The normalized spacial score (nSPS) is 18.6. The minimum absolute atomic E-state index is 0.430. The van der Waals surface area contributed by atoms with Crippen LogP contribution >= 0.6 is 22.7 Å². The average Bonchev–Trinajstić information content (AvgIpc) is 3.08. The van der Waals surface area contributed by atoms with E-state index in [0.717, 1.165) is 26.2 Å². The summed E-state index contributed by atoms with van der Waals surface area (Å²) in [6, 6.07) is 4.68. The van der Waals surface area contributed by atoms with Crippen LogP contribution in [-0.4, -0.2) is 36.1 Å². The highest BCUT2D eigenvalue weighted by atomic mass is 32.1. The number of hydrogen-bond acceptors (Lipinski definition) is 5. The molecule has 3 nitrogen and oxygen atoms in total. The van der Waals surface area contributed by atoms with Crippen LogP contribution in [0.25, 0.3) is 10.6 Å². The first kappa shape index (κ1) is 13.2. The minimum atomic E-state index is 0.430. The molecule has 1 aliphatic heterocycles. The largest absolute Gasteiger partial charge is 0.314 e. The molecule has 1 aliphatic rings. The van der Waals surface area contributed by atoms with Crippen molar-refractivity contribution in [3.05, 3.63) is 27.4 Å². The molecule has 5 heteroatoms. The summed E-state index contributed by atoms with van der Waals surface area (Å²) in [6.07, 6.45) is 0. The standard InChI is InChI=1S/C14H19N3S2/c1-10(17-7-5-15-6-8-17)14-16-13(11(2)19-14)12-4-3-9-18-12/h3-4,9-10,15H,5-8H2,1-2H3. The molecule has 1 atom stereocenters. The Labute approximate surface area is 122 Å². The smallest absolute Gasteiger partial charge is 0.110 e. The van der Waals surface area contributed by atoms with E-state index in [0.29, 0.717) is 6.04 Å². The Balaban J connectivity index is 1.83. The summed E-state index contributed by atoms with van der Waals surface area (Å²) in [7, 11) is 0. The Morgan fingerprint density at radius 3 is 2.84 bits per heavy atom. The lowest BCUT2D eigenvalue weighted by Crippen LogP contribution is -2.44. The minimum Gasteiger partial charge on any atom is -0.314 e. The van der Waals surface area contributed by atoms with Crippen LogP contribution in [0.3, 0.4) is 0 Å². The van der Waals surface area contributed by atoms with Crippen LogP contribution in [0.4, 0.5) is 0 Å². The SMILES string of the molecule is Cc1sc(C(C)N2CCNCC2)nc1-c1cccs1. The van der Waals surface area contributed by atoms with Crippen molar-refractivity contribution in [2.45, 2.75) is 19.9 Å². The van der Waals surface area contributed by atoms with Crippen molar-refractivity contribution >= 4 is 22.7 Å². The van der Waals surface area contributed by atoms with Gasteiger partial charge in [-0.15, -0.1) is 22.7 Å². The van der Waals surface area contributed by atoms with Crippen molar-refractivity contribution in [3.63, 3.8) is 0 Å². The highest BCUT2D eigenvalue weighted by molar-refractivity contribution is 7.15. The molecule has 0 radical (unpaired) electrons. The quantitative estimate of drug-likeness (QED) is 0.942. The summed E-state index contributed by atoms with van der Waals surface area (Å²) in [6.45, 7) is 8.88. The number of aryl methyl sites for hydroxylation is 1. The van der Waals surface area contributed by atoms with E-state index >= 15 is 0 Å². The summed E-state index contributed by atoms with van der Waals surface area (Å²) in [5, 5.41) is 6.77. The van der Waals surface area contributed by atoms with Crippen molar-refractivity contribution in [2.75, 3.05) is 26.2 Å². The molecule has 0 saturated carbocycles. The van der Waals surface area contributed by atoms with E-state index in [1.807, 2.05) is 11.3 Å². The Kier molecular flexibility index (Phi) is 3.98. The van der Waals surface area contributed by atoms with Gasteiger partial charge < -0.3 is 5.32 Å². The lowest BCUT2D eigenvalue weighted by atomic mass is 10.2. The van der Waals surface area contributed by atoms with Crippen molar-refractivity contribution in [1.82, 2.24) is 15.2 Å². The molecule has 0 spiro atoms. The zero-order valence-corrected chi connectivity index (χ0v) is 13.0. The second kappa shape index (κ2) is 5.71. The Morgan fingerprint density at radius 1 is 1.37 bits per heavy atom. The Bertz CT molecular complexity index is 527. The first-order valence-corrected chi connectivity index (χ1v) is 8.41. The van der Waals surface area contributed by atoms with E-state index in [1.54, 1.807) is 11.3 Å². The van der Waals surface area contributed by atoms with Crippen LogP contribution in [0, 0.1) is 6.92 Å². The van der Waals surface area contributed by atoms with Gasteiger partial charge in [0.05, 0.1) is 16.6 Å². The number of thiophene rings is 1. The van der Waals surface area contributed by atoms with Crippen molar-refractivity contribution < 1.29 is 0 Å². The molecule has 2 aromatic rings. The number of piperazine rings is 1. The first-order chi connectivity index (χ1) is 9.25. The molecule has 2 aromatic heterocycles. The molecule has 1 saturated heterocycles. The molecule has 0 aromatic carbocycles. The van der Waals surface area contributed by atoms with Gasteiger partial charge in [0, 0.05) is 31.1 Å². The molecule has 1 unspecified atom stereocenters. The van der Waals surface area contributed by atoms with Crippen LogP contribution in [0.2, 0.25) is 0 Å². The lowest BCUT2D eigenvalue weighted by molar-refractivity contribution is 0.185. The molecule has 1 fully saturated rings. The second-order valence-electron chi connectivity index (χ2n) is 4.90. The van der Waals surface area contributed by atoms with E-state index in [1.165, 1.54) is 20.5 Å². The van der Waals surface area contributed by atoms with E-state index in [-0.39, 0.29) is 0 Å². The highest BCUT2D eigenvalue weighted by Gasteiger charge is 2.22. The maximum atomic E-state index is 4.89. The fraction of sp³-hybridized carbons (Fsp3) is 0.500. The summed E-state index contributed by atoms with van der Waals surface area (Å²) in [5.74, 6) is 0. The summed E-state index contributed by atoms with van der Waals surface area (Å²) >= 11 is 3.62. The van der Waals surface area contributed by atoms with E-state index in [2.05, 4.69) is 41.6 Å². The zero-order chi connectivity index (χ0) is 13.2. The molecule has 19 heavy (non-hydrogen) atoms. The first-order valence-electron chi connectivity index (χ1n) is 6.71. The number of nitrogens with zero attached hydrogens (tertiary/aromatic N) is 2. The average molecular weight is 293 g/mol. The molecule has 0 bridgehead atoms. The van der Waals surface area contributed by atoms with Gasteiger partial charge in [-0.05, 0) is 25.3 Å². The number of aromatic nitrogens is 1. The van der Waals surface area contributed by atoms with Gasteiger partial charge in [-0.25, -0.2) is 4.98 Å². The predicted molar refractivity (Wildman–Crippen MR) is 83.0 cm³/mol. The fourth-order valence-corrected chi connectivity index (χ4v) is 4.32. The summed E-state index contributed by atoms with van der Waals surface area (Å²) in [4.78, 5) is 10.0. The number of thiazole rings is 1. The summed E-state index contributed by atoms with van der Waals surface area (Å²) < 4.78 is 0. The summed E-state index contributed by atoms with van der Waals surface area (Å²) in [5.41, 5.74) is 1.18. The van der Waals surface area contributed by atoms with Gasteiger partial charge >= 0.3 is 0 Å². The van der Waals surface area contributed by atoms with Crippen LogP contribution in [0.5, 0.6) is 0 Å². The van der Waals surface area contributed by atoms with Gasteiger partial charge in [0.1, 0.15) is 5.01 Å². The van der Waals surface area contributed by atoms with Crippen LogP contribution in [0.1, 0.15) is 22.9 Å². The monoisotopic (exact) mass is 293 g/mol. The van der Waals surface area contributed by atoms with Crippen LogP contribution in [0.15, 0.2) is 17.5 Å². The molecule has 102 valence electrons. The Hall–Kier alpha value is -0.750. The van der Waals surface area contributed by atoms with Gasteiger partial charge in [0.2, 0.25) is 0 Å². The molecule has 1 N–H and O–H groups in total. The maximum Gasteiger partial charge on any atom is 0.110 e. The highest BCUT2D eigenvalue weighted by Crippen LogP contribution is 2.34. The van der Waals surface area contributed by atoms with Crippen molar-refractivity contribution in [2.24, 2.45) is 0 Å². The molecule has 3 heterocycles.